The molecule has 1 aromatic rings. The topological polar surface area (TPSA) is 83.6 Å². The van der Waals surface area contributed by atoms with Gasteiger partial charge in [-0.25, -0.2) is 12.7 Å². The molecule has 1 saturated carbocycles. The summed E-state index contributed by atoms with van der Waals surface area (Å²) in [6.07, 6.45) is 3.08. The van der Waals surface area contributed by atoms with Gasteiger partial charge < -0.3 is 5.32 Å². The van der Waals surface area contributed by atoms with Crippen LogP contribution in [0.4, 0.5) is 0 Å². The molecule has 1 heterocycles. The summed E-state index contributed by atoms with van der Waals surface area (Å²) in [5, 5.41) is 2.93. The number of amides is 2. The van der Waals surface area contributed by atoms with E-state index in [0.29, 0.717) is 27.3 Å². The Kier molecular flexibility index (Phi) is 4.86. The van der Waals surface area contributed by atoms with Gasteiger partial charge in [0.05, 0.1) is 5.75 Å². The third-order valence-corrected chi connectivity index (χ3v) is 7.13. The van der Waals surface area contributed by atoms with Crippen molar-refractivity contribution >= 4 is 21.8 Å². The Bertz CT molecular complexity index is 790. The van der Waals surface area contributed by atoms with Gasteiger partial charge in [-0.2, -0.15) is 0 Å². The molecule has 0 saturated heterocycles. The first kappa shape index (κ1) is 17.9. The molecule has 0 unspecified atom stereocenters. The van der Waals surface area contributed by atoms with Crippen molar-refractivity contribution in [1.29, 1.82) is 0 Å². The Balaban J connectivity index is 1.73. The minimum absolute atomic E-state index is 0.0335. The van der Waals surface area contributed by atoms with E-state index in [9.17, 15) is 18.0 Å². The lowest BCUT2D eigenvalue weighted by molar-refractivity contribution is -0.122. The van der Waals surface area contributed by atoms with Crippen LogP contribution in [0, 0.1) is 11.8 Å². The molecule has 7 heteroatoms. The van der Waals surface area contributed by atoms with Crippen LogP contribution in [0.2, 0.25) is 0 Å². The molecule has 1 N–H and O–H groups in total. The van der Waals surface area contributed by atoms with Crippen molar-refractivity contribution in [2.24, 2.45) is 11.8 Å². The molecule has 1 aliphatic heterocycles. The predicted octanol–water partition coefficient (Wildman–Crippen LogP) is 1.91. The number of benzene rings is 1. The van der Waals surface area contributed by atoms with Crippen molar-refractivity contribution in [2.45, 2.75) is 44.9 Å². The lowest BCUT2D eigenvalue weighted by Gasteiger charge is -2.35. The van der Waals surface area contributed by atoms with Crippen molar-refractivity contribution in [3.63, 3.8) is 0 Å². The molecule has 6 nitrogen and oxygen atoms in total. The average molecular weight is 364 g/mol. The Labute approximate surface area is 148 Å². The molecule has 0 bridgehead atoms. The normalized spacial score (nSPS) is 28.3. The summed E-state index contributed by atoms with van der Waals surface area (Å²) in [6, 6.07) is 6.66. The molecule has 2 aliphatic rings. The molecule has 3 atom stereocenters. The molecule has 0 aromatic heterocycles. The van der Waals surface area contributed by atoms with E-state index in [1.807, 2.05) is 0 Å². The number of carbonyl (C=O) groups excluding carboxylic acids is 2. The number of sulfonamides is 1. The van der Waals surface area contributed by atoms with Crippen molar-refractivity contribution in [3.8, 4) is 0 Å². The van der Waals surface area contributed by atoms with E-state index in [0.717, 1.165) is 19.3 Å². The van der Waals surface area contributed by atoms with E-state index in [4.69, 9.17) is 0 Å². The Morgan fingerprint density at radius 1 is 1.24 bits per heavy atom. The Morgan fingerprint density at radius 3 is 2.72 bits per heavy atom. The smallest absolute Gasteiger partial charge is 0.268 e. The molecule has 0 radical (unpaired) electrons. The zero-order chi connectivity index (χ0) is 18.2. The largest absolute Gasteiger partial charge is 0.352 e. The molecule has 1 aliphatic carbocycles. The lowest BCUT2D eigenvalue weighted by Crippen LogP contribution is -2.51. The van der Waals surface area contributed by atoms with Crippen molar-refractivity contribution < 1.29 is 18.0 Å². The van der Waals surface area contributed by atoms with Gasteiger partial charge in [0.15, 0.2) is 0 Å². The second-order valence-corrected chi connectivity index (χ2v) is 9.06. The molecule has 0 spiro atoms. The SMILES string of the molecule is C[C@@H]1[C@H](C)CCC[C@@H]1NC(=O)CN1C(=O)c2ccccc2CS1(=O)=O. The van der Waals surface area contributed by atoms with E-state index in [2.05, 4.69) is 19.2 Å². The zero-order valence-electron chi connectivity index (χ0n) is 14.6. The quantitative estimate of drug-likeness (QED) is 0.888. The van der Waals surface area contributed by atoms with Crippen molar-refractivity contribution in [1.82, 2.24) is 9.62 Å². The van der Waals surface area contributed by atoms with Crippen LogP contribution in [0.5, 0.6) is 0 Å². The highest BCUT2D eigenvalue weighted by molar-refractivity contribution is 7.89. The number of nitrogens with zero attached hydrogens (tertiary/aromatic N) is 1. The highest BCUT2D eigenvalue weighted by Gasteiger charge is 2.37. The maximum absolute atomic E-state index is 12.5. The minimum Gasteiger partial charge on any atom is -0.352 e. The fourth-order valence-electron chi connectivity index (χ4n) is 3.73. The molecule has 2 amide bonds. The van der Waals surface area contributed by atoms with E-state index in [1.165, 1.54) is 0 Å². The molecule has 25 heavy (non-hydrogen) atoms. The van der Waals surface area contributed by atoms with E-state index in [-0.39, 0.29) is 11.8 Å². The summed E-state index contributed by atoms with van der Waals surface area (Å²) in [4.78, 5) is 25.0. The molecule has 1 fully saturated rings. The summed E-state index contributed by atoms with van der Waals surface area (Å²) >= 11 is 0. The fourth-order valence-corrected chi connectivity index (χ4v) is 5.19. The summed E-state index contributed by atoms with van der Waals surface area (Å²) in [5.41, 5.74) is 0.837. The first-order chi connectivity index (χ1) is 11.8. The van der Waals surface area contributed by atoms with Gasteiger partial charge in [0, 0.05) is 11.6 Å². The molecule has 3 rings (SSSR count). The van der Waals surface area contributed by atoms with Crippen molar-refractivity contribution in [2.75, 3.05) is 6.54 Å². The number of fused-ring (bicyclic) bond motifs is 1. The highest BCUT2D eigenvalue weighted by atomic mass is 32.2. The maximum atomic E-state index is 12.5. The van der Waals surface area contributed by atoms with Crippen LogP contribution in [-0.2, 0) is 20.6 Å². The number of carbonyl (C=O) groups is 2. The first-order valence-electron chi connectivity index (χ1n) is 8.71. The van der Waals surface area contributed by atoms with Crippen molar-refractivity contribution in [3.05, 3.63) is 35.4 Å². The number of rotatable bonds is 3. The average Bonchev–Trinajstić information content (AvgIpc) is 2.55. The minimum atomic E-state index is -3.82. The summed E-state index contributed by atoms with van der Waals surface area (Å²) < 4.78 is 25.6. The fraction of sp³-hybridized carbons (Fsp3) is 0.556. The predicted molar refractivity (Wildman–Crippen MR) is 94.2 cm³/mol. The molecular weight excluding hydrogens is 340 g/mol. The first-order valence-corrected chi connectivity index (χ1v) is 10.3. The Morgan fingerprint density at radius 2 is 1.96 bits per heavy atom. The van der Waals surface area contributed by atoms with Crippen LogP contribution in [0.25, 0.3) is 0 Å². The lowest BCUT2D eigenvalue weighted by atomic mass is 9.78. The van der Waals surface area contributed by atoms with Gasteiger partial charge in [-0.1, -0.05) is 44.9 Å². The standard InChI is InChI=1S/C18H24N2O4S/c1-12-6-5-9-16(13(12)2)19-17(21)10-20-18(22)15-8-4-3-7-14(15)11-25(20,23)24/h3-4,7-8,12-13,16H,5-6,9-11H2,1-2H3,(H,19,21)/t12-,13-,16+/m1/s1. The number of hydrogen-bond acceptors (Lipinski definition) is 4. The van der Waals surface area contributed by atoms with E-state index >= 15 is 0 Å². The van der Waals surface area contributed by atoms with Gasteiger partial charge in [0.1, 0.15) is 6.54 Å². The van der Waals surface area contributed by atoms with Gasteiger partial charge in [-0.15, -0.1) is 0 Å². The summed E-state index contributed by atoms with van der Waals surface area (Å²) in [5.74, 6) is -0.429. The second-order valence-electron chi connectivity index (χ2n) is 7.17. The van der Waals surface area contributed by atoms with Crippen LogP contribution >= 0.6 is 0 Å². The number of nitrogens with one attached hydrogen (secondary N) is 1. The third-order valence-electron chi connectivity index (χ3n) is 5.49. The molecule has 136 valence electrons. The highest BCUT2D eigenvalue weighted by Crippen LogP contribution is 2.29. The zero-order valence-corrected chi connectivity index (χ0v) is 15.4. The van der Waals surface area contributed by atoms with Crippen LogP contribution in [0.1, 0.15) is 49.0 Å². The number of hydrogen-bond donors (Lipinski definition) is 1. The van der Waals surface area contributed by atoms with Gasteiger partial charge in [0.2, 0.25) is 15.9 Å². The summed E-state index contributed by atoms with van der Waals surface area (Å²) in [7, 11) is -3.82. The van der Waals surface area contributed by atoms with Gasteiger partial charge >= 0.3 is 0 Å². The van der Waals surface area contributed by atoms with Crippen LogP contribution in [-0.4, -0.2) is 37.1 Å². The van der Waals surface area contributed by atoms with Crippen LogP contribution in [0.3, 0.4) is 0 Å². The van der Waals surface area contributed by atoms with E-state index in [1.54, 1.807) is 24.3 Å². The van der Waals surface area contributed by atoms with E-state index < -0.39 is 28.4 Å². The van der Waals surface area contributed by atoms with Crippen LogP contribution in [0.15, 0.2) is 24.3 Å². The molecular formula is C18H24N2O4S. The van der Waals surface area contributed by atoms with Gasteiger partial charge in [-0.05, 0) is 29.9 Å². The monoisotopic (exact) mass is 364 g/mol. The third kappa shape index (κ3) is 3.56. The maximum Gasteiger partial charge on any atom is 0.268 e. The second kappa shape index (κ2) is 6.78. The van der Waals surface area contributed by atoms with Crippen LogP contribution < -0.4 is 5.32 Å². The summed E-state index contributed by atoms with van der Waals surface area (Å²) in [6.45, 7) is 3.82. The Hall–Kier alpha value is -1.89. The van der Waals surface area contributed by atoms with Gasteiger partial charge in [0.25, 0.3) is 5.91 Å². The molecule has 1 aromatic carbocycles. The van der Waals surface area contributed by atoms with Gasteiger partial charge in [-0.3, -0.25) is 9.59 Å².